The van der Waals surface area contributed by atoms with E-state index in [4.69, 9.17) is 0 Å². The molecule has 5 nitrogen and oxygen atoms in total. The first-order valence-corrected chi connectivity index (χ1v) is 12.2. The van der Waals surface area contributed by atoms with Gasteiger partial charge in [-0.2, -0.15) is 11.8 Å². The van der Waals surface area contributed by atoms with Crippen molar-refractivity contribution in [1.29, 1.82) is 0 Å². The molecule has 1 N–H and O–H groups in total. The van der Waals surface area contributed by atoms with Crippen LogP contribution in [0.3, 0.4) is 0 Å². The molecule has 29 heavy (non-hydrogen) atoms. The van der Waals surface area contributed by atoms with Gasteiger partial charge in [-0.15, -0.1) is 0 Å². The third kappa shape index (κ3) is 3.20. The first kappa shape index (κ1) is 19.2. The fourth-order valence-corrected chi connectivity index (χ4v) is 6.98. The van der Waals surface area contributed by atoms with Gasteiger partial charge in [-0.05, 0) is 86.3 Å². The normalized spacial score (nSPS) is 33.1. The van der Waals surface area contributed by atoms with Crippen LogP contribution in [0, 0.1) is 23.7 Å². The van der Waals surface area contributed by atoms with E-state index in [0.717, 1.165) is 17.6 Å². The van der Waals surface area contributed by atoms with E-state index in [1.807, 2.05) is 6.26 Å². The standard InChI is InChI=1S/C23H28N2O3S/c1-29-7-6-19(25-22(27)17-4-2-3-5-18(17)23(25)28)21(26)24-20-15-9-13-8-14(11-15)12-16(20)10-13/h2-5,13-16,19-20H,6-12H2,1H3,(H,24,26)/t13?,14?,15?,16?,19-,20?/m0/s1. The van der Waals surface area contributed by atoms with Crippen LogP contribution in [0.4, 0.5) is 0 Å². The molecule has 0 spiro atoms. The van der Waals surface area contributed by atoms with Gasteiger partial charge in [0.05, 0.1) is 11.1 Å². The second-order valence-corrected chi connectivity index (χ2v) is 10.3. The lowest BCUT2D eigenvalue weighted by molar-refractivity contribution is -0.129. The molecular weight excluding hydrogens is 384 g/mol. The molecule has 1 aromatic carbocycles. The summed E-state index contributed by atoms with van der Waals surface area (Å²) in [5, 5.41) is 3.32. The molecule has 0 radical (unpaired) electrons. The van der Waals surface area contributed by atoms with Crippen molar-refractivity contribution in [1.82, 2.24) is 10.2 Å². The van der Waals surface area contributed by atoms with Crippen molar-refractivity contribution in [2.45, 2.75) is 50.6 Å². The third-order valence-electron chi connectivity index (χ3n) is 7.57. The summed E-state index contributed by atoms with van der Waals surface area (Å²) in [5.74, 6) is 2.73. The zero-order valence-corrected chi connectivity index (χ0v) is 17.6. The average molecular weight is 413 g/mol. The Morgan fingerprint density at radius 2 is 1.59 bits per heavy atom. The highest BCUT2D eigenvalue weighted by molar-refractivity contribution is 7.98. The SMILES string of the molecule is CSCC[C@@H](C(=O)NC1C2CC3CC(C2)CC1C3)N1C(=O)c2ccccc2C1=O. The highest BCUT2D eigenvalue weighted by Gasteiger charge is 2.50. The van der Waals surface area contributed by atoms with Crippen LogP contribution in [-0.2, 0) is 4.79 Å². The highest BCUT2D eigenvalue weighted by atomic mass is 32.2. The number of benzene rings is 1. The Morgan fingerprint density at radius 1 is 1.03 bits per heavy atom. The van der Waals surface area contributed by atoms with Crippen molar-refractivity contribution in [3.63, 3.8) is 0 Å². The van der Waals surface area contributed by atoms with E-state index < -0.39 is 6.04 Å². The van der Waals surface area contributed by atoms with Crippen LogP contribution in [0.5, 0.6) is 0 Å². The van der Waals surface area contributed by atoms with Gasteiger partial charge in [0.15, 0.2) is 0 Å². The number of amides is 3. The first-order valence-electron chi connectivity index (χ1n) is 10.8. The van der Waals surface area contributed by atoms with Crippen molar-refractivity contribution >= 4 is 29.5 Å². The Hall–Kier alpha value is -1.82. The number of imide groups is 1. The zero-order valence-electron chi connectivity index (χ0n) is 16.8. The molecule has 0 saturated heterocycles. The van der Waals surface area contributed by atoms with E-state index >= 15 is 0 Å². The molecule has 4 fully saturated rings. The molecule has 1 atom stereocenters. The lowest BCUT2D eigenvalue weighted by Gasteiger charge is -2.54. The van der Waals surface area contributed by atoms with E-state index in [1.54, 1.807) is 36.0 Å². The van der Waals surface area contributed by atoms with Crippen molar-refractivity contribution < 1.29 is 14.4 Å². The number of rotatable bonds is 6. The van der Waals surface area contributed by atoms with Crippen molar-refractivity contribution in [2.24, 2.45) is 23.7 Å². The van der Waals surface area contributed by atoms with Gasteiger partial charge in [0.2, 0.25) is 5.91 Å². The predicted molar refractivity (Wildman–Crippen MR) is 113 cm³/mol. The monoisotopic (exact) mass is 412 g/mol. The van der Waals surface area contributed by atoms with Crippen molar-refractivity contribution in [3.05, 3.63) is 35.4 Å². The van der Waals surface area contributed by atoms with Gasteiger partial charge < -0.3 is 5.32 Å². The summed E-state index contributed by atoms with van der Waals surface area (Å²) in [6, 6.07) is 6.36. The van der Waals surface area contributed by atoms with Crippen LogP contribution in [0.2, 0.25) is 0 Å². The quantitative estimate of drug-likeness (QED) is 0.728. The molecule has 4 bridgehead atoms. The van der Waals surface area contributed by atoms with Crippen LogP contribution in [0.25, 0.3) is 0 Å². The van der Waals surface area contributed by atoms with Gasteiger partial charge in [-0.1, -0.05) is 12.1 Å². The molecule has 154 valence electrons. The van der Waals surface area contributed by atoms with Gasteiger partial charge in [-0.3, -0.25) is 19.3 Å². The minimum absolute atomic E-state index is 0.147. The van der Waals surface area contributed by atoms with Gasteiger partial charge in [-0.25, -0.2) is 0 Å². The van der Waals surface area contributed by atoms with E-state index in [0.29, 0.717) is 29.4 Å². The Labute approximate surface area is 176 Å². The minimum Gasteiger partial charge on any atom is -0.351 e. The fourth-order valence-electron chi connectivity index (χ4n) is 6.52. The second kappa shape index (κ2) is 7.46. The lowest BCUT2D eigenvalue weighted by Crippen LogP contribution is -2.59. The zero-order chi connectivity index (χ0) is 20.1. The molecule has 1 aromatic rings. The van der Waals surface area contributed by atoms with Crippen LogP contribution in [-0.4, -0.2) is 46.7 Å². The molecule has 3 amide bonds. The molecule has 6 rings (SSSR count). The molecule has 1 aliphatic heterocycles. The largest absolute Gasteiger partial charge is 0.351 e. The number of hydrogen-bond donors (Lipinski definition) is 1. The summed E-state index contributed by atoms with van der Waals surface area (Å²) in [7, 11) is 0. The Morgan fingerprint density at radius 3 is 2.10 bits per heavy atom. The Bertz CT molecular complexity index is 791. The van der Waals surface area contributed by atoms with E-state index in [-0.39, 0.29) is 23.8 Å². The highest BCUT2D eigenvalue weighted by Crippen LogP contribution is 2.53. The van der Waals surface area contributed by atoms with Gasteiger partial charge in [0.25, 0.3) is 11.8 Å². The maximum atomic E-state index is 13.4. The average Bonchev–Trinajstić information content (AvgIpc) is 2.96. The smallest absolute Gasteiger partial charge is 0.262 e. The van der Waals surface area contributed by atoms with Gasteiger partial charge in [0.1, 0.15) is 6.04 Å². The molecule has 6 heteroatoms. The number of nitrogens with one attached hydrogen (secondary N) is 1. The maximum Gasteiger partial charge on any atom is 0.262 e. The number of hydrogen-bond acceptors (Lipinski definition) is 4. The molecule has 0 unspecified atom stereocenters. The number of fused-ring (bicyclic) bond motifs is 1. The molecular formula is C23H28N2O3S. The van der Waals surface area contributed by atoms with Crippen molar-refractivity contribution in [2.75, 3.05) is 12.0 Å². The van der Waals surface area contributed by atoms with Crippen LogP contribution in [0.15, 0.2) is 24.3 Å². The molecule has 0 aromatic heterocycles. The summed E-state index contributed by atoms with van der Waals surface area (Å²) in [4.78, 5) is 40.6. The third-order valence-corrected chi connectivity index (χ3v) is 8.21. The summed E-state index contributed by atoms with van der Waals surface area (Å²) in [6.45, 7) is 0. The Balaban J connectivity index is 1.37. The lowest BCUT2D eigenvalue weighted by atomic mass is 9.54. The number of carbonyl (C=O) groups excluding carboxylic acids is 3. The number of thioether (sulfide) groups is 1. The van der Waals surface area contributed by atoms with Crippen LogP contribution < -0.4 is 5.32 Å². The number of nitrogens with zero attached hydrogens (tertiary/aromatic N) is 1. The molecule has 4 aliphatic carbocycles. The van der Waals surface area contributed by atoms with Crippen LogP contribution >= 0.6 is 11.8 Å². The van der Waals surface area contributed by atoms with E-state index in [2.05, 4.69) is 5.32 Å². The van der Waals surface area contributed by atoms with Gasteiger partial charge >= 0.3 is 0 Å². The summed E-state index contributed by atoms with van der Waals surface area (Å²) >= 11 is 1.63. The van der Waals surface area contributed by atoms with Gasteiger partial charge in [0, 0.05) is 6.04 Å². The predicted octanol–water partition coefficient (Wildman–Crippen LogP) is 3.35. The van der Waals surface area contributed by atoms with Crippen LogP contribution in [0.1, 0.15) is 59.2 Å². The molecule has 4 saturated carbocycles. The fraction of sp³-hybridized carbons (Fsp3) is 0.609. The van der Waals surface area contributed by atoms with E-state index in [9.17, 15) is 14.4 Å². The summed E-state index contributed by atoms with van der Waals surface area (Å²) < 4.78 is 0. The topological polar surface area (TPSA) is 66.5 Å². The Kier molecular flexibility index (Phi) is 4.93. The number of carbonyl (C=O) groups is 3. The summed E-state index contributed by atoms with van der Waals surface area (Å²) in [6.07, 6.45) is 8.74. The second-order valence-electron chi connectivity index (χ2n) is 9.29. The van der Waals surface area contributed by atoms with E-state index in [1.165, 1.54) is 37.0 Å². The summed E-state index contributed by atoms with van der Waals surface area (Å²) in [5.41, 5.74) is 0.822. The first-order chi connectivity index (χ1) is 14.1. The van der Waals surface area contributed by atoms with Crippen molar-refractivity contribution in [3.8, 4) is 0 Å². The molecule has 5 aliphatic rings. The maximum absolute atomic E-state index is 13.4. The molecule has 1 heterocycles. The minimum atomic E-state index is -0.730.